The van der Waals surface area contributed by atoms with Crippen molar-refractivity contribution in [3.8, 4) is 0 Å². The molecule has 0 aromatic heterocycles. The highest BCUT2D eigenvalue weighted by Crippen LogP contribution is 2.05. The second kappa shape index (κ2) is 5.72. The van der Waals surface area contributed by atoms with Crippen LogP contribution < -0.4 is 0 Å². The minimum absolute atomic E-state index is 0.197. The first-order valence-electron chi connectivity index (χ1n) is 4.21. The van der Waals surface area contributed by atoms with Gasteiger partial charge in [-0.1, -0.05) is 19.9 Å². The van der Waals surface area contributed by atoms with Crippen LogP contribution in [0.25, 0.3) is 0 Å². The lowest BCUT2D eigenvalue weighted by atomic mass is 10.2. The largest absolute Gasteiger partial charge is 0.430 e. The van der Waals surface area contributed by atoms with Crippen molar-refractivity contribution in [1.82, 2.24) is 0 Å². The zero-order valence-electron chi connectivity index (χ0n) is 7.99. The molecule has 0 aliphatic heterocycles. The molecule has 0 saturated heterocycles. The molecular formula is C9H16O4. The Hall–Kier alpha value is -0.870. The first-order chi connectivity index (χ1) is 5.99. The smallest absolute Gasteiger partial charge is 0.335 e. The molecule has 4 heteroatoms. The molecule has 2 N–H and O–H groups in total. The molecule has 0 aromatic rings. The fraction of sp³-hybridized carbons (Fsp3) is 0.667. The van der Waals surface area contributed by atoms with Crippen molar-refractivity contribution in [3.63, 3.8) is 0 Å². The molecule has 0 amide bonds. The zero-order valence-corrected chi connectivity index (χ0v) is 7.99. The van der Waals surface area contributed by atoms with Gasteiger partial charge in [-0.2, -0.15) is 0 Å². The second-order valence-corrected chi connectivity index (χ2v) is 2.93. The predicted octanol–water partition coefficient (Wildman–Crippen LogP) is 0.585. The van der Waals surface area contributed by atoms with Crippen molar-refractivity contribution in [3.05, 3.63) is 12.2 Å². The van der Waals surface area contributed by atoms with Gasteiger partial charge < -0.3 is 14.9 Å². The van der Waals surface area contributed by atoms with Gasteiger partial charge in [0.2, 0.25) is 6.29 Å². The summed E-state index contributed by atoms with van der Waals surface area (Å²) in [5.74, 6) is -0.692. The molecule has 13 heavy (non-hydrogen) atoms. The number of carbonyl (C=O) groups excluding carboxylic acids is 1. The summed E-state index contributed by atoms with van der Waals surface area (Å²) in [4.78, 5) is 10.9. The number of ether oxygens (including phenoxy) is 1. The number of hydrogen-bond acceptors (Lipinski definition) is 4. The summed E-state index contributed by atoms with van der Waals surface area (Å²) in [7, 11) is 0. The first-order valence-corrected chi connectivity index (χ1v) is 4.21. The van der Waals surface area contributed by atoms with Gasteiger partial charge in [0.05, 0.1) is 0 Å². The number of rotatable bonds is 5. The van der Waals surface area contributed by atoms with Crippen molar-refractivity contribution >= 4 is 5.97 Å². The molecule has 0 spiro atoms. The van der Waals surface area contributed by atoms with E-state index in [1.165, 1.54) is 6.92 Å². The van der Waals surface area contributed by atoms with Crippen molar-refractivity contribution in [2.75, 3.05) is 0 Å². The maximum absolute atomic E-state index is 10.9. The Kier molecular flexibility index (Phi) is 5.34. The van der Waals surface area contributed by atoms with Gasteiger partial charge in [0, 0.05) is 5.57 Å². The molecule has 76 valence electrons. The molecule has 0 saturated carbocycles. The normalized spacial score (nSPS) is 14.8. The summed E-state index contributed by atoms with van der Waals surface area (Å²) in [6, 6.07) is 0. The third kappa shape index (κ3) is 4.65. The average Bonchev–Trinajstić information content (AvgIpc) is 2.04. The molecule has 0 rings (SSSR count). The topological polar surface area (TPSA) is 66.8 Å². The van der Waals surface area contributed by atoms with E-state index in [1.54, 1.807) is 0 Å². The third-order valence-corrected chi connectivity index (χ3v) is 1.49. The molecule has 0 aliphatic rings. The number of aliphatic hydroxyl groups is 2. The maximum Gasteiger partial charge on any atom is 0.335 e. The first kappa shape index (κ1) is 12.1. The number of hydrogen-bond donors (Lipinski definition) is 2. The Balaban J connectivity index is 3.91. The average molecular weight is 188 g/mol. The van der Waals surface area contributed by atoms with Crippen LogP contribution in [0.1, 0.15) is 26.7 Å². The van der Waals surface area contributed by atoms with Crippen LogP contribution in [0.15, 0.2) is 12.2 Å². The van der Waals surface area contributed by atoms with Crippen LogP contribution in [0.3, 0.4) is 0 Å². The van der Waals surface area contributed by atoms with Crippen molar-refractivity contribution < 1.29 is 19.7 Å². The van der Waals surface area contributed by atoms with Crippen molar-refractivity contribution in [2.45, 2.75) is 39.1 Å². The Labute approximate surface area is 77.8 Å². The summed E-state index contributed by atoms with van der Waals surface area (Å²) < 4.78 is 4.49. The number of aliphatic hydroxyl groups excluding tert-OH is 2. The third-order valence-electron chi connectivity index (χ3n) is 1.49. The Morgan fingerprint density at radius 3 is 2.46 bits per heavy atom. The zero-order chi connectivity index (χ0) is 10.4. The maximum atomic E-state index is 10.9. The van der Waals surface area contributed by atoms with E-state index >= 15 is 0 Å². The van der Waals surface area contributed by atoms with E-state index in [4.69, 9.17) is 5.11 Å². The van der Waals surface area contributed by atoms with Gasteiger partial charge in [0.15, 0.2) is 0 Å². The van der Waals surface area contributed by atoms with Gasteiger partial charge in [0.1, 0.15) is 6.10 Å². The lowest BCUT2D eigenvalue weighted by molar-refractivity contribution is -0.182. The minimum atomic E-state index is -1.45. The van der Waals surface area contributed by atoms with Crippen LogP contribution in [-0.4, -0.2) is 28.6 Å². The summed E-state index contributed by atoms with van der Waals surface area (Å²) in [5, 5.41) is 18.3. The van der Waals surface area contributed by atoms with Crippen LogP contribution in [0.5, 0.6) is 0 Å². The monoisotopic (exact) mass is 188 g/mol. The molecule has 0 heterocycles. The highest BCUT2D eigenvalue weighted by atomic mass is 16.6. The molecule has 2 unspecified atom stereocenters. The summed E-state index contributed by atoms with van der Waals surface area (Å²) in [5.41, 5.74) is 0.197. The lowest BCUT2D eigenvalue weighted by Gasteiger charge is -2.17. The second-order valence-electron chi connectivity index (χ2n) is 2.93. The molecule has 0 fully saturated rings. The van der Waals surface area contributed by atoms with E-state index < -0.39 is 18.4 Å². The number of esters is 1. The molecule has 0 radical (unpaired) electrons. The molecule has 0 aliphatic carbocycles. The van der Waals surface area contributed by atoms with Gasteiger partial charge in [0.25, 0.3) is 0 Å². The van der Waals surface area contributed by atoms with Crippen molar-refractivity contribution in [2.24, 2.45) is 0 Å². The van der Waals surface area contributed by atoms with Crippen LogP contribution >= 0.6 is 0 Å². The Morgan fingerprint density at radius 2 is 2.08 bits per heavy atom. The highest BCUT2D eigenvalue weighted by Gasteiger charge is 2.19. The molecular weight excluding hydrogens is 172 g/mol. The van der Waals surface area contributed by atoms with Gasteiger partial charge in [-0.05, 0) is 13.3 Å². The summed E-state index contributed by atoms with van der Waals surface area (Å²) >= 11 is 0. The Morgan fingerprint density at radius 1 is 1.54 bits per heavy atom. The number of carbonyl (C=O) groups is 1. The van der Waals surface area contributed by atoms with E-state index in [9.17, 15) is 9.90 Å². The fourth-order valence-corrected chi connectivity index (χ4v) is 0.727. The van der Waals surface area contributed by atoms with Crippen LogP contribution in [0.2, 0.25) is 0 Å². The lowest BCUT2D eigenvalue weighted by Crippen LogP contribution is -2.31. The minimum Gasteiger partial charge on any atom is -0.430 e. The highest BCUT2D eigenvalue weighted by molar-refractivity contribution is 5.87. The van der Waals surface area contributed by atoms with Gasteiger partial charge in [-0.15, -0.1) is 0 Å². The molecule has 0 bridgehead atoms. The van der Waals surface area contributed by atoms with Crippen LogP contribution in [0, 0.1) is 0 Å². The SMILES string of the molecule is C=C(C)C(=O)OC(O)C(O)CCC. The van der Waals surface area contributed by atoms with Crippen molar-refractivity contribution in [1.29, 1.82) is 0 Å². The van der Waals surface area contributed by atoms with E-state index in [2.05, 4.69) is 11.3 Å². The van der Waals surface area contributed by atoms with E-state index in [1.807, 2.05) is 6.92 Å². The van der Waals surface area contributed by atoms with Gasteiger partial charge in [-0.25, -0.2) is 4.79 Å². The Bertz CT molecular complexity index is 188. The van der Waals surface area contributed by atoms with E-state index in [-0.39, 0.29) is 5.57 Å². The van der Waals surface area contributed by atoms with Gasteiger partial charge in [-0.3, -0.25) is 0 Å². The summed E-state index contributed by atoms with van der Waals surface area (Å²) in [6.45, 7) is 6.68. The molecule has 4 nitrogen and oxygen atoms in total. The fourth-order valence-electron chi connectivity index (χ4n) is 0.727. The standard InChI is InChI=1S/C9H16O4/c1-4-5-7(10)9(12)13-8(11)6(2)3/h7,9-10,12H,2,4-5H2,1,3H3. The van der Waals surface area contributed by atoms with E-state index in [0.717, 1.165) is 0 Å². The predicted molar refractivity (Wildman–Crippen MR) is 47.8 cm³/mol. The summed E-state index contributed by atoms with van der Waals surface area (Å²) in [6.07, 6.45) is -1.37. The van der Waals surface area contributed by atoms with Crippen LogP contribution in [-0.2, 0) is 9.53 Å². The van der Waals surface area contributed by atoms with E-state index in [0.29, 0.717) is 12.8 Å². The van der Waals surface area contributed by atoms with Crippen LogP contribution in [0.4, 0.5) is 0 Å². The molecule has 2 atom stereocenters. The quantitative estimate of drug-likeness (QED) is 0.376. The molecule has 0 aromatic carbocycles. The van der Waals surface area contributed by atoms with Gasteiger partial charge >= 0.3 is 5.97 Å².